The standard InChI is InChI=1S/C9H11NO3.C5H7NO2S/c10-8(9(12)13)5-6-1-3-7(11)4-2-6;7-5(8)4-1-3(9)2-6-4/h1-4,8,11H,5,10H2,(H,12,13);4,6H,1-2H2,(H,7,8)/t8-;4-/m00/s1. The van der Waals surface area contributed by atoms with Gasteiger partial charge in [0, 0.05) is 17.8 Å². The molecule has 1 aromatic rings. The van der Waals surface area contributed by atoms with Crippen molar-refractivity contribution >= 4 is 29.0 Å². The van der Waals surface area contributed by atoms with Crippen LogP contribution in [-0.2, 0) is 16.0 Å². The molecule has 6 N–H and O–H groups in total. The molecule has 120 valence electrons. The van der Waals surface area contributed by atoms with Gasteiger partial charge < -0.3 is 21.1 Å². The van der Waals surface area contributed by atoms with Crippen molar-refractivity contribution in [3.63, 3.8) is 0 Å². The van der Waals surface area contributed by atoms with Crippen LogP contribution in [0.15, 0.2) is 24.3 Å². The summed E-state index contributed by atoms with van der Waals surface area (Å²) in [5.41, 5.74) is 6.12. The van der Waals surface area contributed by atoms with E-state index in [0.29, 0.717) is 13.0 Å². The van der Waals surface area contributed by atoms with Gasteiger partial charge >= 0.3 is 11.9 Å². The van der Waals surface area contributed by atoms with Crippen molar-refractivity contribution in [2.24, 2.45) is 5.73 Å². The Morgan fingerprint density at radius 1 is 1.32 bits per heavy atom. The highest BCUT2D eigenvalue weighted by Crippen LogP contribution is 2.10. The van der Waals surface area contributed by atoms with Gasteiger partial charge in [-0.2, -0.15) is 0 Å². The van der Waals surface area contributed by atoms with Crippen LogP contribution < -0.4 is 11.1 Å². The average molecular weight is 326 g/mol. The number of carboxylic acids is 2. The van der Waals surface area contributed by atoms with E-state index in [1.54, 1.807) is 12.1 Å². The number of phenols is 1. The van der Waals surface area contributed by atoms with Crippen LogP contribution in [0.2, 0.25) is 0 Å². The third kappa shape index (κ3) is 6.17. The van der Waals surface area contributed by atoms with Crippen molar-refractivity contribution in [1.29, 1.82) is 0 Å². The molecule has 1 aromatic carbocycles. The number of nitrogens with one attached hydrogen (secondary N) is 1. The Balaban J connectivity index is 0.000000235. The normalized spacial score (nSPS) is 18.2. The molecule has 0 amide bonds. The van der Waals surface area contributed by atoms with Crippen LogP contribution in [0.25, 0.3) is 0 Å². The molecular formula is C14H18N2O5S. The second-order valence-corrected chi connectivity index (χ2v) is 5.41. The maximum Gasteiger partial charge on any atom is 0.321 e. The lowest BCUT2D eigenvalue weighted by atomic mass is 10.1. The zero-order chi connectivity index (χ0) is 16.7. The van der Waals surface area contributed by atoms with Crippen LogP contribution in [0.3, 0.4) is 0 Å². The third-order valence-electron chi connectivity index (χ3n) is 2.98. The molecule has 22 heavy (non-hydrogen) atoms. The summed E-state index contributed by atoms with van der Waals surface area (Å²) in [6.07, 6.45) is 0.778. The highest BCUT2D eigenvalue weighted by molar-refractivity contribution is 7.80. The van der Waals surface area contributed by atoms with E-state index >= 15 is 0 Å². The van der Waals surface area contributed by atoms with Crippen LogP contribution >= 0.6 is 12.2 Å². The Kier molecular flexibility index (Phi) is 6.90. The Morgan fingerprint density at radius 3 is 2.27 bits per heavy atom. The van der Waals surface area contributed by atoms with Gasteiger partial charge in [-0.1, -0.05) is 24.4 Å². The van der Waals surface area contributed by atoms with E-state index in [1.807, 2.05) is 0 Å². The van der Waals surface area contributed by atoms with Crippen LogP contribution in [0.4, 0.5) is 0 Å². The number of phenolic OH excluding ortho intramolecular Hbond substituents is 1. The summed E-state index contributed by atoms with van der Waals surface area (Å²) >= 11 is 4.79. The van der Waals surface area contributed by atoms with Crippen LogP contribution in [0.5, 0.6) is 5.75 Å². The first-order chi connectivity index (χ1) is 10.3. The van der Waals surface area contributed by atoms with Crippen molar-refractivity contribution in [3.8, 4) is 5.75 Å². The Labute approximate surface area is 132 Å². The SMILES string of the molecule is N[C@@H](Cc1ccc(O)cc1)C(=O)O.O=C(O)[C@@H]1CC(=S)CN1. The highest BCUT2D eigenvalue weighted by Gasteiger charge is 2.24. The zero-order valence-corrected chi connectivity index (χ0v) is 12.5. The summed E-state index contributed by atoms with van der Waals surface area (Å²) in [6, 6.07) is 4.99. The quantitative estimate of drug-likeness (QED) is 0.494. The molecule has 1 aliphatic heterocycles. The smallest absolute Gasteiger partial charge is 0.321 e. The van der Waals surface area contributed by atoms with Crippen molar-refractivity contribution < 1.29 is 24.9 Å². The fourth-order valence-electron chi connectivity index (χ4n) is 1.76. The van der Waals surface area contributed by atoms with E-state index in [2.05, 4.69) is 5.32 Å². The van der Waals surface area contributed by atoms with Gasteiger partial charge in [-0.05, 0) is 24.1 Å². The molecule has 2 rings (SSSR count). The van der Waals surface area contributed by atoms with Gasteiger partial charge in [-0.15, -0.1) is 0 Å². The van der Waals surface area contributed by atoms with Gasteiger partial charge in [0.25, 0.3) is 0 Å². The topological polar surface area (TPSA) is 133 Å². The molecule has 0 aliphatic carbocycles. The Bertz CT molecular complexity index is 547. The zero-order valence-electron chi connectivity index (χ0n) is 11.7. The fourth-order valence-corrected chi connectivity index (χ4v) is 2.01. The summed E-state index contributed by atoms with van der Waals surface area (Å²) in [5.74, 6) is -1.67. The predicted octanol–water partition coefficient (Wildman–Crippen LogP) is 0.149. The monoisotopic (exact) mass is 326 g/mol. The molecule has 1 aliphatic rings. The van der Waals surface area contributed by atoms with E-state index in [1.165, 1.54) is 12.1 Å². The number of nitrogens with two attached hydrogens (primary N) is 1. The second kappa shape index (κ2) is 8.42. The van der Waals surface area contributed by atoms with Crippen LogP contribution in [-0.4, -0.2) is 50.8 Å². The summed E-state index contributed by atoms with van der Waals surface area (Å²) in [4.78, 5) is 21.4. The first kappa shape index (κ1) is 18.0. The molecule has 0 radical (unpaired) electrons. The summed E-state index contributed by atoms with van der Waals surface area (Å²) in [5, 5.41) is 28.6. The van der Waals surface area contributed by atoms with E-state index < -0.39 is 24.0 Å². The minimum atomic E-state index is -1.02. The van der Waals surface area contributed by atoms with Crippen molar-refractivity contribution in [1.82, 2.24) is 5.32 Å². The summed E-state index contributed by atoms with van der Waals surface area (Å²) in [6.45, 7) is 0.576. The minimum Gasteiger partial charge on any atom is -0.508 e. The molecule has 1 heterocycles. The van der Waals surface area contributed by atoms with Gasteiger partial charge in [0.2, 0.25) is 0 Å². The van der Waals surface area contributed by atoms with Crippen molar-refractivity contribution in [3.05, 3.63) is 29.8 Å². The van der Waals surface area contributed by atoms with Gasteiger partial charge in [0.05, 0.1) is 0 Å². The molecule has 1 fully saturated rings. The van der Waals surface area contributed by atoms with E-state index in [-0.39, 0.29) is 12.2 Å². The molecule has 0 bridgehead atoms. The molecule has 1 saturated heterocycles. The minimum absolute atomic E-state index is 0.160. The lowest BCUT2D eigenvalue weighted by Crippen LogP contribution is -2.32. The molecular weight excluding hydrogens is 308 g/mol. The van der Waals surface area contributed by atoms with E-state index in [9.17, 15) is 9.59 Å². The van der Waals surface area contributed by atoms with Crippen molar-refractivity contribution in [2.75, 3.05) is 6.54 Å². The number of carbonyl (C=O) groups is 2. The number of aliphatic carboxylic acids is 2. The first-order valence-corrected chi connectivity index (χ1v) is 6.94. The Hall–Kier alpha value is -2.03. The number of thiocarbonyl (C=S) groups is 1. The number of benzene rings is 1. The van der Waals surface area contributed by atoms with E-state index in [4.69, 9.17) is 33.3 Å². The average Bonchev–Trinajstić information content (AvgIpc) is 2.89. The number of aromatic hydroxyl groups is 1. The number of hydrogen-bond acceptors (Lipinski definition) is 6. The van der Waals surface area contributed by atoms with Gasteiger partial charge in [0.1, 0.15) is 17.8 Å². The summed E-state index contributed by atoms with van der Waals surface area (Å²) in [7, 11) is 0. The van der Waals surface area contributed by atoms with Crippen molar-refractivity contribution in [2.45, 2.75) is 24.9 Å². The number of hydrogen-bond donors (Lipinski definition) is 5. The summed E-state index contributed by atoms with van der Waals surface area (Å²) < 4.78 is 0. The number of rotatable bonds is 4. The van der Waals surface area contributed by atoms with E-state index in [0.717, 1.165) is 10.4 Å². The molecule has 7 nitrogen and oxygen atoms in total. The van der Waals surface area contributed by atoms with Gasteiger partial charge in [-0.25, -0.2) is 0 Å². The predicted molar refractivity (Wildman–Crippen MR) is 84.1 cm³/mol. The number of carboxylic acid groups (broad SMARTS) is 2. The highest BCUT2D eigenvalue weighted by atomic mass is 32.1. The molecule has 0 aromatic heterocycles. The maximum atomic E-state index is 10.4. The van der Waals surface area contributed by atoms with Gasteiger partial charge in [0.15, 0.2) is 0 Å². The first-order valence-electron chi connectivity index (χ1n) is 6.53. The lowest BCUT2D eigenvalue weighted by molar-refractivity contribution is -0.139. The second-order valence-electron chi connectivity index (χ2n) is 4.83. The van der Waals surface area contributed by atoms with Crippen LogP contribution in [0.1, 0.15) is 12.0 Å². The largest absolute Gasteiger partial charge is 0.508 e. The lowest BCUT2D eigenvalue weighted by Gasteiger charge is -2.05. The molecule has 0 spiro atoms. The molecule has 0 unspecified atom stereocenters. The van der Waals surface area contributed by atoms with Crippen LogP contribution in [0, 0.1) is 0 Å². The third-order valence-corrected chi connectivity index (χ3v) is 3.30. The maximum absolute atomic E-state index is 10.4. The Morgan fingerprint density at radius 2 is 1.91 bits per heavy atom. The fraction of sp³-hybridized carbons (Fsp3) is 0.357. The molecule has 2 atom stereocenters. The molecule has 0 saturated carbocycles. The van der Waals surface area contributed by atoms with Gasteiger partial charge in [-0.3, -0.25) is 14.9 Å². The molecule has 8 heteroatoms.